The molecule has 0 aliphatic rings. The summed E-state index contributed by atoms with van der Waals surface area (Å²) in [6, 6.07) is 7.79. The summed E-state index contributed by atoms with van der Waals surface area (Å²) in [6.07, 6.45) is 2.36. The topological polar surface area (TPSA) is 87.6 Å². The number of ether oxygens (including phenoxy) is 1. The zero-order chi connectivity index (χ0) is 22.7. The second-order valence-corrected chi connectivity index (χ2v) is 9.19. The van der Waals surface area contributed by atoms with Crippen LogP contribution in [0.5, 0.6) is 0 Å². The lowest BCUT2D eigenvalue weighted by molar-refractivity contribution is 0.0636. The van der Waals surface area contributed by atoms with E-state index in [2.05, 4.69) is 38.2 Å². The maximum atomic E-state index is 11.8. The highest BCUT2D eigenvalue weighted by Gasteiger charge is 2.16. The van der Waals surface area contributed by atoms with Gasteiger partial charge in [-0.05, 0) is 65.2 Å². The number of aliphatic imine (C=N–C) groups is 1. The third-order valence-corrected chi connectivity index (χ3v) is 5.16. The van der Waals surface area contributed by atoms with Crippen molar-refractivity contribution in [3.63, 3.8) is 0 Å². The predicted octanol–water partition coefficient (Wildman–Crippen LogP) is 4.53. The molecule has 170 valence electrons. The van der Waals surface area contributed by atoms with Gasteiger partial charge in [-0.2, -0.15) is 0 Å². The Morgan fingerprint density at radius 1 is 1.16 bits per heavy atom. The lowest BCUT2D eigenvalue weighted by atomic mass is 10.1. The van der Waals surface area contributed by atoms with Crippen molar-refractivity contribution in [2.75, 3.05) is 25.0 Å². The molecule has 31 heavy (non-hydrogen) atoms. The first kappa shape index (κ1) is 24.7. The van der Waals surface area contributed by atoms with E-state index in [1.165, 1.54) is 10.6 Å². The van der Waals surface area contributed by atoms with Crippen molar-refractivity contribution in [3.05, 3.63) is 45.9 Å². The second-order valence-electron chi connectivity index (χ2n) is 8.25. The fourth-order valence-corrected chi connectivity index (χ4v) is 3.60. The average molecular weight is 446 g/mol. The quantitative estimate of drug-likeness (QED) is 0.300. The summed E-state index contributed by atoms with van der Waals surface area (Å²) < 4.78 is 5.27. The van der Waals surface area contributed by atoms with Crippen LogP contribution in [0.25, 0.3) is 0 Å². The van der Waals surface area contributed by atoms with Gasteiger partial charge >= 0.3 is 6.09 Å². The van der Waals surface area contributed by atoms with E-state index in [1.807, 2.05) is 52.0 Å². The van der Waals surface area contributed by atoms with Gasteiger partial charge in [-0.15, -0.1) is 11.3 Å². The number of rotatable bonds is 9. The van der Waals surface area contributed by atoms with E-state index < -0.39 is 11.7 Å². The van der Waals surface area contributed by atoms with Crippen molar-refractivity contribution in [1.29, 1.82) is 0 Å². The Morgan fingerprint density at radius 3 is 2.52 bits per heavy atom. The highest BCUT2D eigenvalue weighted by atomic mass is 32.1. The minimum Gasteiger partial charge on any atom is -0.444 e. The van der Waals surface area contributed by atoms with Crippen molar-refractivity contribution >= 4 is 29.1 Å². The minimum absolute atomic E-state index is 0.446. The summed E-state index contributed by atoms with van der Waals surface area (Å²) in [6.45, 7) is 12.0. The van der Waals surface area contributed by atoms with Crippen LogP contribution in [0.15, 0.2) is 34.6 Å². The molecule has 0 atom stereocenters. The Morgan fingerprint density at radius 2 is 1.90 bits per heavy atom. The number of carbonyl (C=O) groups excluding carboxylic acids is 1. The molecular weight excluding hydrogens is 410 g/mol. The number of benzene rings is 1. The van der Waals surface area contributed by atoms with E-state index in [-0.39, 0.29) is 0 Å². The van der Waals surface area contributed by atoms with E-state index in [9.17, 15) is 4.79 Å². The van der Waals surface area contributed by atoms with Crippen molar-refractivity contribution in [2.24, 2.45) is 4.99 Å². The van der Waals surface area contributed by atoms with Crippen LogP contribution in [-0.4, -0.2) is 42.3 Å². The molecule has 2 aromatic rings. The normalized spacial score (nSPS) is 11.8. The molecule has 0 spiro atoms. The maximum Gasteiger partial charge on any atom is 0.412 e. The lowest BCUT2D eigenvalue weighted by Gasteiger charge is -2.19. The summed E-state index contributed by atoms with van der Waals surface area (Å²) in [7, 11) is 0. The van der Waals surface area contributed by atoms with Gasteiger partial charge in [0.2, 0.25) is 0 Å². The zero-order valence-corrected chi connectivity index (χ0v) is 20.1. The Labute approximate surface area is 189 Å². The number of aromatic nitrogens is 1. The molecular formula is C23H35N5O2S. The molecule has 1 aromatic heterocycles. The van der Waals surface area contributed by atoms with Crippen LogP contribution in [0.1, 0.15) is 50.4 Å². The van der Waals surface area contributed by atoms with E-state index in [0.29, 0.717) is 0 Å². The van der Waals surface area contributed by atoms with Gasteiger partial charge in [-0.1, -0.05) is 12.1 Å². The number of nitrogens with zero attached hydrogens (tertiary/aromatic N) is 2. The van der Waals surface area contributed by atoms with Gasteiger partial charge in [-0.3, -0.25) is 10.3 Å². The standard InChI is InChI=1S/C23H35N5O2S/c1-6-24-21(25-14-7-8-20-27-17(2)16-31-20)26-15-13-18-9-11-19(12-10-18)28-22(29)30-23(3,4)5/h9-12,16H,6-8,13-15H2,1-5H3,(H,28,29)(H2,24,25,26). The third-order valence-electron chi connectivity index (χ3n) is 4.13. The van der Waals surface area contributed by atoms with Crippen LogP contribution in [0.3, 0.4) is 0 Å². The minimum atomic E-state index is -0.513. The van der Waals surface area contributed by atoms with Crippen LogP contribution in [-0.2, 0) is 17.6 Å². The number of hydrogen-bond donors (Lipinski definition) is 3. The van der Waals surface area contributed by atoms with Crippen LogP contribution in [0.2, 0.25) is 0 Å². The Hall–Kier alpha value is -2.61. The number of thiazole rings is 1. The van der Waals surface area contributed by atoms with Gasteiger partial charge in [0.15, 0.2) is 5.96 Å². The van der Waals surface area contributed by atoms with Crippen LogP contribution in [0.4, 0.5) is 10.5 Å². The Balaban J connectivity index is 1.73. The predicted molar refractivity (Wildman–Crippen MR) is 129 cm³/mol. The number of nitrogens with one attached hydrogen (secondary N) is 3. The van der Waals surface area contributed by atoms with Gasteiger partial charge < -0.3 is 15.4 Å². The van der Waals surface area contributed by atoms with Gasteiger partial charge in [0.25, 0.3) is 0 Å². The number of carbonyl (C=O) groups is 1. The molecule has 8 heteroatoms. The summed E-state index contributed by atoms with van der Waals surface area (Å²) in [5.41, 5.74) is 2.47. The monoisotopic (exact) mass is 445 g/mol. The van der Waals surface area contributed by atoms with E-state index in [0.717, 1.165) is 56.2 Å². The molecule has 1 amide bonds. The largest absolute Gasteiger partial charge is 0.444 e. The van der Waals surface area contributed by atoms with Gasteiger partial charge in [-0.25, -0.2) is 9.78 Å². The summed E-state index contributed by atoms with van der Waals surface area (Å²) in [4.78, 5) is 21.0. The number of anilines is 1. The van der Waals surface area contributed by atoms with E-state index in [4.69, 9.17) is 4.74 Å². The molecule has 0 aliphatic carbocycles. The van der Waals surface area contributed by atoms with Gasteiger partial charge in [0.1, 0.15) is 5.60 Å². The van der Waals surface area contributed by atoms with Crippen LogP contribution < -0.4 is 16.0 Å². The molecule has 1 aromatic carbocycles. The van der Waals surface area contributed by atoms with Crippen LogP contribution >= 0.6 is 11.3 Å². The first-order valence-corrected chi connectivity index (χ1v) is 11.7. The molecule has 7 nitrogen and oxygen atoms in total. The van der Waals surface area contributed by atoms with E-state index >= 15 is 0 Å². The van der Waals surface area contributed by atoms with Gasteiger partial charge in [0, 0.05) is 42.8 Å². The summed E-state index contributed by atoms with van der Waals surface area (Å²) >= 11 is 1.72. The first-order valence-electron chi connectivity index (χ1n) is 10.8. The zero-order valence-electron chi connectivity index (χ0n) is 19.2. The highest BCUT2D eigenvalue weighted by Crippen LogP contribution is 2.13. The van der Waals surface area contributed by atoms with Gasteiger partial charge in [0.05, 0.1) is 5.01 Å². The molecule has 3 N–H and O–H groups in total. The average Bonchev–Trinajstić information content (AvgIpc) is 3.10. The fraction of sp³-hybridized carbons (Fsp3) is 0.522. The molecule has 0 saturated carbocycles. The third kappa shape index (κ3) is 10.3. The van der Waals surface area contributed by atoms with Crippen molar-refractivity contribution in [3.8, 4) is 0 Å². The number of hydrogen-bond acceptors (Lipinski definition) is 5. The molecule has 0 aliphatic heterocycles. The summed E-state index contributed by atoms with van der Waals surface area (Å²) in [5.74, 6) is 0.834. The lowest BCUT2D eigenvalue weighted by Crippen LogP contribution is -2.38. The second kappa shape index (κ2) is 12.3. The number of guanidine groups is 1. The number of aryl methyl sites for hydroxylation is 2. The van der Waals surface area contributed by atoms with E-state index in [1.54, 1.807) is 11.3 Å². The van der Waals surface area contributed by atoms with Crippen molar-refractivity contribution < 1.29 is 9.53 Å². The molecule has 0 bridgehead atoms. The molecule has 0 saturated heterocycles. The smallest absolute Gasteiger partial charge is 0.412 e. The molecule has 0 radical (unpaired) electrons. The first-order chi connectivity index (χ1) is 14.7. The van der Waals surface area contributed by atoms with Crippen LogP contribution in [0, 0.1) is 6.92 Å². The molecule has 0 unspecified atom stereocenters. The Bertz CT molecular complexity index is 840. The Kier molecular flexibility index (Phi) is 9.78. The van der Waals surface area contributed by atoms with Crippen molar-refractivity contribution in [2.45, 2.75) is 59.5 Å². The molecule has 1 heterocycles. The van der Waals surface area contributed by atoms with Crippen molar-refractivity contribution in [1.82, 2.24) is 15.6 Å². The molecule has 2 rings (SSSR count). The maximum absolute atomic E-state index is 11.8. The fourth-order valence-electron chi connectivity index (χ4n) is 2.78. The summed E-state index contributed by atoms with van der Waals surface area (Å²) in [5, 5.41) is 12.7. The number of amides is 1. The highest BCUT2D eigenvalue weighted by molar-refractivity contribution is 7.09. The molecule has 0 fully saturated rings. The SMILES string of the molecule is CCNC(=NCCCc1nc(C)cs1)NCCc1ccc(NC(=O)OC(C)(C)C)cc1.